The molecule has 0 spiro atoms. The molecule has 4 rings (SSSR count). The van der Waals surface area contributed by atoms with Crippen LogP contribution in [0.3, 0.4) is 0 Å². The van der Waals surface area contributed by atoms with Crippen LogP contribution >= 0.6 is 0 Å². The van der Waals surface area contributed by atoms with E-state index in [-0.39, 0.29) is 0 Å². The van der Waals surface area contributed by atoms with Gasteiger partial charge in [-0.1, -0.05) is 60.2 Å². The maximum absolute atomic E-state index is 5.95. The molecule has 0 aliphatic rings. The Morgan fingerprint density at radius 3 is 2.38 bits per heavy atom. The number of aryl methyl sites for hydroxylation is 1. The van der Waals surface area contributed by atoms with E-state index >= 15 is 0 Å². The molecule has 0 bridgehead atoms. The molecule has 0 fully saturated rings. The summed E-state index contributed by atoms with van der Waals surface area (Å²) in [6.07, 6.45) is 0.875. The number of aromatic nitrogens is 2. The maximum atomic E-state index is 5.95. The Morgan fingerprint density at radius 2 is 1.58 bits per heavy atom. The van der Waals surface area contributed by atoms with Crippen LogP contribution in [0.4, 0.5) is 0 Å². The van der Waals surface area contributed by atoms with Crippen LogP contribution in [0.15, 0.2) is 78.9 Å². The number of nitrogens with zero attached hydrogens (tertiary/aromatic N) is 1. The van der Waals surface area contributed by atoms with Crippen molar-refractivity contribution in [3.8, 4) is 5.75 Å². The quantitative estimate of drug-likeness (QED) is 0.515. The van der Waals surface area contributed by atoms with E-state index in [4.69, 9.17) is 4.74 Å². The molecule has 1 N–H and O–H groups in total. The van der Waals surface area contributed by atoms with Gasteiger partial charge in [0.2, 0.25) is 0 Å². The first-order valence-corrected chi connectivity index (χ1v) is 9.02. The highest BCUT2D eigenvalue weighted by Crippen LogP contribution is 2.14. The maximum Gasteiger partial charge on any atom is 0.259 e. The first kappa shape index (κ1) is 16.4. The highest BCUT2D eigenvalue weighted by molar-refractivity contribution is 5.71. The van der Waals surface area contributed by atoms with Gasteiger partial charge in [-0.15, -0.1) is 0 Å². The van der Waals surface area contributed by atoms with Gasteiger partial charge in [-0.2, -0.15) is 0 Å². The fourth-order valence-corrected chi connectivity index (χ4v) is 3.26. The normalized spacial score (nSPS) is 11.0. The Hall–Kier alpha value is -3.07. The van der Waals surface area contributed by atoms with Gasteiger partial charge in [0.1, 0.15) is 18.9 Å². The smallest absolute Gasteiger partial charge is 0.259 e. The van der Waals surface area contributed by atoms with E-state index in [0.717, 1.165) is 24.2 Å². The number of H-pyrrole nitrogens is 1. The second-order valence-corrected chi connectivity index (χ2v) is 6.56. The summed E-state index contributed by atoms with van der Waals surface area (Å²) in [6.45, 7) is 3.53. The highest BCUT2D eigenvalue weighted by Gasteiger charge is 2.18. The molecule has 0 unspecified atom stereocenters. The molecule has 26 heavy (non-hydrogen) atoms. The summed E-state index contributed by atoms with van der Waals surface area (Å²) < 4.78 is 8.28. The van der Waals surface area contributed by atoms with Gasteiger partial charge in [0, 0.05) is 0 Å². The monoisotopic (exact) mass is 343 g/mol. The molecular formula is C23H23N2O+. The molecule has 130 valence electrons. The third-order valence-corrected chi connectivity index (χ3v) is 4.62. The molecular weight excluding hydrogens is 320 g/mol. The van der Waals surface area contributed by atoms with Crippen LogP contribution < -0.4 is 9.30 Å². The topological polar surface area (TPSA) is 28.9 Å². The second kappa shape index (κ2) is 7.44. The summed E-state index contributed by atoms with van der Waals surface area (Å²) in [5.74, 6) is 2.12. The first-order valence-electron chi connectivity index (χ1n) is 9.02. The Morgan fingerprint density at radius 1 is 0.846 bits per heavy atom. The number of para-hydroxylation sites is 2. The summed E-state index contributed by atoms with van der Waals surface area (Å²) >= 11 is 0. The standard InChI is InChI=1S/C23H22N2O/c1-18-11-13-20(14-12-18)26-16-15-25-22-10-6-5-9-21(22)24-23(25)17-19-7-3-2-4-8-19/h2-14H,15-17H2,1H3/p+1. The van der Waals surface area contributed by atoms with Crippen molar-refractivity contribution in [2.24, 2.45) is 0 Å². The molecule has 0 radical (unpaired) electrons. The van der Waals surface area contributed by atoms with Crippen LogP contribution in [0.1, 0.15) is 17.0 Å². The number of rotatable bonds is 6. The van der Waals surface area contributed by atoms with Crippen molar-refractivity contribution in [2.45, 2.75) is 19.9 Å². The lowest BCUT2D eigenvalue weighted by molar-refractivity contribution is -0.679. The predicted molar refractivity (Wildman–Crippen MR) is 104 cm³/mol. The van der Waals surface area contributed by atoms with Gasteiger partial charge in [0.25, 0.3) is 5.82 Å². The Balaban J connectivity index is 1.56. The number of aromatic amines is 1. The lowest BCUT2D eigenvalue weighted by Gasteiger charge is -2.07. The lowest BCUT2D eigenvalue weighted by atomic mass is 10.1. The van der Waals surface area contributed by atoms with Gasteiger partial charge in [-0.05, 0) is 36.8 Å². The Bertz CT molecular complexity index is 988. The summed E-state index contributed by atoms with van der Waals surface area (Å²) in [7, 11) is 0. The number of hydrogen-bond donors (Lipinski definition) is 1. The summed E-state index contributed by atoms with van der Waals surface area (Å²) in [5, 5.41) is 0. The zero-order valence-corrected chi connectivity index (χ0v) is 15.0. The molecule has 0 aliphatic heterocycles. The molecule has 0 atom stereocenters. The van der Waals surface area contributed by atoms with Gasteiger partial charge in [-0.3, -0.25) is 0 Å². The molecule has 3 heteroatoms. The van der Waals surface area contributed by atoms with E-state index in [1.165, 1.54) is 22.5 Å². The van der Waals surface area contributed by atoms with E-state index in [2.05, 4.69) is 83.2 Å². The van der Waals surface area contributed by atoms with Crippen LogP contribution in [-0.4, -0.2) is 11.6 Å². The van der Waals surface area contributed by atoms with Crippen LogP contribution in [0.2, 0.25) is 0 Å². The average Bonchev–Trinajstić information content (AvgIpc) is 3.01. The van der Waals surface area contributed by atoms with E-state index < -0.39 is 0 Å². The minimum Gasteiger partial charge on any atom is -0.489 e. The summed E-state index contributed by atoms with van der Waals surface area (Å²) in [5.41, 5.74) is 4.92. The molecule has 4 aromatic rings. The highest BCUT2D eigenvalue weighted by atomic mass is 16.5. The third-order valence-electron chi connectivity index (χ3n) is 4.62. The van der Waals surface area contributed by atoms with Crippen molar-refractivity contribution in [3.05, 3.63) is 95.8 Å². The number of benzene rings is 3. The molecule has 3 aromatic carbocycles. The van der Waals surface area contributed by atoms with Gasteiger partial charge < -0.3 is 4.74 Å². The second-order valence-electron chi connectivity index (χ2n) is 6.56. The minimum absolute atomic E-state index is 0.636. The van der Waals surface area contributed by atoms with Gasteiger partial charge in [0.05, 0.1) is 6.42 Å². The molecule has 1 heterocycles. The van der Waals surface area contributed by atoms with Crippen molar-refractivity contribution in [3.63, 3.8) is 0 Å². The molecule has 0 saturated heterocycles. The number of imidazole rings is 1. The molecule has 0 aliphatic carbocycles. The number of hydrogen-bond acceptors (Lipinski definition) is 1. The molecule has 0 amide bonds. The summed E-state index contributed by atoms with van der Waals surface area (Å²) in [6, 6.07) is 27.2. The Labute approximate surface area is 153 Å². The number of ether oxygens (including phenoxy) is 1. The lowest BCUT2D eigenvalue weighted by Crippen LogP contribution is -2.39. The average molecular weight is 343 g/mol. The first-order chi connectivity index (χ1) is 12.8. The van der Waals surface area contributed by atoms with Crippen molar-refractivity contribution in [1.82, 2.24) is 4.98 Å². The number of fused-ring (bicyclic) bond motifs is 1. The van der Waals surface area contributed by atoms with E-state index in [9.17, 15) is 0 Å². The minimum atomic E-state index is 0.636. The van der Waals surface area contributed by atoms with Crippen molar-refractivity contribution < 1.29 is 9.30 Å². The third kappa shape index (κ3) is 3.62. The van der Waals surface area contributed by atoms with Gasteiger partial charge >= 0.3 is 0 Å². The van der Waals surface area contributed by atoms with Gasteiger partial charge in [0.15, 0.2) is 11.0 Å². The van der Waals surface area contributed by atoms with E-state index in [1.807, 2.05) is 12.1 Å². The molecule has 0 saturated carbocycles. The van der Waals surface area contributed by atoms with Gasteiger partial charge in [-0.25, -0.2) is 9.55 Å². The SMILES string of the molecule is Cc1ccc(OCC[n+]2c(Cc3ccccc3)[nH]c3ccccc32)cc1. The fraction of sp³-hybridized carbons (Fsp3) is 0.174. The van der Waals surface area contributed by atoms with Crippen LogP contribution in [0.5, 0.6) is 5.75 Å². The van der Waals surface area contributed by atoms with Crippen LogP contribution in [0, 0.1) is 6.92 Å². The van der Waals surface area contributed by atoms with E-state index in [1.54, 1.807) is 0 Å². The molecule has 1 aromatic heterocycles. The fourth-order valence-electron chi connectivity index (χ4n) is 3.26. The Kier molecular flexibility index (Phi) is 4.69. The number of nitrogens with one attached hydrogen (secondary N) is 1. The van der Waals surface area contributed by atoms with Crippen molar-refractivity contribution in [2.75, 3.05) is 6.61 Å². The zero-order chi connectivity index (χ0) is 17.8. The zero-order valence-electron chi connectivity index (χ0n) is 15.0. The van der Waals surface area contributed by atoms with Crippen LogP contribution in [-0.2, 0) is 13.0 Å². The van der Waals surface area contributed by atoms with E-state index in [0.29, 0.717) is 6.61 Å². The largest absolute Gasteiger partial charge is 0.489 e. The predicted octanol–water partition coefficient (Wildman–Crippen LogP) is 4.43. The summed E-state index contributed by atoms with van der Waals surface area (Å²) in [4.78, 5) is 3.58. The van der Waals surface area contributed by atoms with Crippen LogP contribution in [0.25, 0.3) is 11.0 Å². The molecule has 3 nitrogen and oxygen atoms in total. The van der Waals surface area contributed by atoms with Crippen molar-refractivity contribution in [1.29, 1.82) is 0 Å². The van der Waals surface area contributed by atoms with Crippen molar-refractivity contribution >= 4 is 11.0 Å².